The van der Waals surface area contributed by atoms with Crippen LogP contribution in [-0.2, 0) is 9.53 Å². The zero-order valence-electron chi connectivity index (χ0n) is 12.7. The number of carbonyl (C=O) groups is 1. The van der Waals surface area contributed by atoms with Gasteiger partial charge in [0.05, 0.1) is 12.5 Å². The SMILES string of the molecule is CCCC1CC(N(CCC(=O)O)c2ccccc2)CCO1. The highest BCUT2D eigenvalue weighted by molar-refractivity contribution is 5.67. The number of carboxylic acids is 1. The fourth-order valence-electron chi connectivity index (χ4n) is 3.02. The second-order valence-electron chi connectivity index (χ2n) is 5.63. The molecule has 2 unspecified atom stereocenters. The van der Waals surface area contributed by atoms with E-state index in [0.717, 1.165) is 38.0 Å². The number of ether oxygens (including phenoxy) is 1. The van der Waals surface area contributed by atoms with Crippen LogP contribution >= 0.6 is 0 Å². The Hall–Kier alpha value is -1.55. The van der Waals surface area contributed by atoms with E-state index in [0.29, 0.717) is 18.7 Å². The van der Waals surface area contributed by atoms with Crippen molar-refractivity contribution in [2.45, 2.75) is 51.2 Å². The Bertz CT molecular complexity index is 433. The second-order valence-corrected chi connectivity index (χ2v) is 5.63. The van der Waals surface area contributed by atoms with E-state index < -0.39 is 5.97 Å². The van der Waals surface area contributed by atoms with E-state index in [1.54, 1.807) is 0 Å². The predicted molar refractivity (Wildman–Crippen MR) is 83.7 cm³/mol. The Labute approximate surface area is 126 Å². The summed E-state index contributed by atoms with van der Waals surface area (Å²) >= 11 is 0. The van der Waals surface area contributed by atoms with Crippen molar-refractivity contribution in [2.75, 3.05) is 18.1 Å². The molecule has 0 spiro atoms. The van der Waals surface area contributed by atoms with E-state index >= 15 is 0 Å². The number of para-hydroxylation sites is 1. The van der Waals surface area contributed by atoms with Crippen LogP contribution in [0.1, 0.15) is 39.0 Å². The fourth-order valence-corrected chi connectivity index (χ4v) is 3.02. The first-order chi connectivity index (χ1) is 10.2. The smallest absolute Gasteiger partial charge is 0.305 e. The van der Waals surface area contributed by atoms with Gasteiger partial charge in [0.1, 0.15) is 0 Å². The lowest BCUT2D eigenvalue weighted by Crippen LogP contribution is -2.43. The monoisotopic (exact) mass is 291 g/mol. The minimum atomic E-state index is -0.743. The fraction of sp³-hybridized carbons (Fsp3) is 0.588. The lowest BCUT2D eigenvalue weighted by Gasteiger charge is -2.39. The van der Waals surface area contributed by atoms with Gasteiger partial charge in [-0.05, 0) is 31.4 Å². The number of benzene rings is 1. The maximum absolute atomic E-state index is 10.9. The van der Waals surface area contributed by atoms with E-state index in [1.165, 1.54) is 0 Å². The van der Waals surface area contributed by atoms with Gasteiger partial charge in [-0.2, -0.15) is 0 Å². The molecule has 0 bridgehead atoms. The van der Waals surface area contributed by atoms with E-state index in [4.69, 9.17) is 9.84 Å². The molecule has 1 aromatic carbocycles. The molecule has 21 heavy (non-hydrogen) atoms. The van der Waals surface area contributed by atoms with Crippen LogP contribution in [0.2, 0.25) is 0 Å². The summed E-state index contributed by atoms with van der Waals surface area (Å²) in [6.07, 6.45) is 4.64. The molecule has 116 valence electrons. The normalized spacial score (nSPS) is 22.0. The van der Waals surface area contributed by atoms with Crippen LogP contribution in [0.3, 0.4) is 0 Å². The van der Waals surface area contributed by atoms with Crippen molar-refractivity contribution in [3.05, 3.63) is 30.3 Å². The summed E-state index contributed by atoms with van der Waals surface area (Å²) in [6.45, 7) is 3.50. The molecule has 2 atom stereocenters. The highest BCUT2D eigenvalue weighted by Crippen LogP contribution is 2.27. The number of hydrogen-bond acceptors (Lipinski definition) is 3. The summed E-state index contributed by atoms with van der Waals surface area (Å²) < 4.78 is 5.82. The first kappa shape index (κ1) is 15.8. The Balaban J connectivity index is 2.08. The number of hydrogen-bond donors (Lipinski definition) is 1. The molecule has 1 aromatic rings. The van der Waals surface area contributed by atoms with Crippen LogP contribution in [0.15, 0.2) is 30.3 Å². The molecule has 0 amide bonds. The zero-order valence-corrected chi connectivity index (χ0v) is 12.7. The first-order valence-electron chi connectivity index (χ1n) is 7.85. The van der Waals surface area contributed by atoms with Crippen molar-refractivity contribution in [3.63, 3.8) is 0 Å². The molecule has 4 heteroatoms. The summed E-state index contributed by atoms with van der Waals surface area (Å²) in [7, 11) is 0. The van der Waals surface area contributed by atoms with Gasteiger partial charge in [0, 0.05) is 24.9 Å². The van der Waals surface area contributed by atoms with Crippen molar-refractivity contribution in [1.82, 2.24) is 0 Å². The van der Waals surface area contributed by atoms with Gasteiger partial charge in [-0.3, -0.25) is 4.79 Å². The molecule has 0 saturated carbocycles. The molecule has 0 radical (unpaired) electrons. The van der Waals surface area contributed by atoms with Gasteiger partial charge in [0.15, 0.2) is 0 Å². The van der Waals surface area contributed by atoms with Crippen LogP contribution in [-0.4, -0.2) is 36.4 Å². The maximum Gasteiger partial charge on any atom is 0.305 e. The average molecular weight is 291 g/mol. The molecular formula is C17H25NO3. The zero-order chi connectivity index (χ0) is 15.1. The standard InChI is InChI=1S/C17H25NO3/c1-2-6-16-13-15(10-12-21-16)18(11-9-17(19)20)14-7-4-3-5-8-14/h3-5,7-8,15-16H,2,6,9-13H2,1H3,(H,19,20). The van der Waals surface area contributed by atoms with Gasteiger partial charge in [0.25, 0.3) is 0 Å². The Morgan fingerprint density at radius 1 is 1.38 bits per heavy atom. The average Bonchev–Trinajstić information content (AvgIpc) is 2.49. The minimum absolute atomic E-state index is 0.171. The third-order valence-corrected chi connectivity index (χ3v) is 4.05. The van der Waals surface area contributed by atoms with E-state index in [1.807, 2.05) is 18.2 Å². The molecule has 0 aliphatic carbocycles. The van der Waals surface area contributed by atoms with E-state index in [9.17, 15) is 4.79 Å². The topological polar surface area (TPSA) is 49.8 Å². The van der Waals surface area contributed by atoms with Crippen LogP contribution in [0, 0.1) is 0 Å². The van der Waals surface area contributed by atoms with Crippen molar-refractivity contribution in [1.29, 1.82) is 0 Å². The third kappa shape index (κ3) is 4.74. The van der Waals surface area contributed by atoms with Crippen LogP contribution in [0.4, 0.5) is 5.69 Å². The quantitative estimate of drug-likeness (QED) is 0.837. The summed E-state index contributed by atoms with van der Waals surface area (Å²) in [6, 6.07) is 10.5. The summed E-state index contributed by atoms with van der Waals surface area (Å²) in [5, 5.41) is 8.99. The molecule has 1 aliphatic heterocycles. The molecule has 4 nitrogen and oxygen atoms in total. The Kier molecular flexibility index (Phi) is 6.05. The minimum Gasteiger partial charge on any atom is -0.481 e. The molecule has 1 fully saturated rings. The number of aliphatic carboxylic acids is 1. The summed E-state index contributed by atoms with van der Waals surface area (Å²) in [4.78, 5) is 13.2. The first-order valence-corrected chi connectivity index (χ1v) is 7.85. The maximum atomic E-state index is 10.9. The molecule has 1 heterocycles. The predicted octanol–water partition coefficient (Wildman–Crippen LogP) is 3.32. The molecular weight excluding hydrogens is 266 g/mol. The Morgan fingerprint density at radius 3 is 2.81 bits per heavy atom. The van der Waals surface area contributed by atoms with Gasteiger partial charge in [-0.15, -0.1) is 0 Å². The Morgan fingerprint density at radius 2 is 2.14 bits per heavy atom. The van der Waals surface area contributed by atoms with Gasteiger partial charge in [-0.25, -0.2) is 0 Å². The van der Waals surface area contributed by atoms with Gasteiger partial charge in [0.2, 0.25) is 0 Å². The lowest BCUT2D eigenvalue weighted by atomic mass is 9.98. The summed E-state index contributed by atoms with van der Waals surface area (Å²) in [5.41, 5.74) is 1.11. The highest BCUT2D eigenvalue weighted by Gasteiger charge is 2.27. The number of anilines is 1. The van der Waals surface area contributed by atoms with E-state index in [2.05, 4.69) is 24.0 Å². The largest absolute Gasteiger partial charge is 0.481 e. The van der Waals surface area contributed by atoms with Gasteiger partial charge < -0.3 is 14.7 Å². The van der Waals surface area contributed by atoms with Crippen molar-refractivity contribution in [3.8, 4) is 0 Å². The van der Waals surface area contributed by atoms with Crippen LogP contribution in [0.5, 0.6) is 0 Å². The van der Waals surface area contributed by atoms with Gasteiger partial charge in [-0.1, -0.05) is 31.5 Å². The molecule has 0 aromatic heterocycles. The second kappa shape index (κ2) is 8.03. The van der Waals surface area contributed by atoms with E-state index in [-0.39, 0.29) is 6.42 Å². The molecule has 1 aliphatic rings. The number of nitrogens with zero attached hydrogens (tertiary/aromatic N) is 1. The number of rotatable bonds is 7. The molecule has 1 N–H and O–H groups in total. The van der Waals surface area contributed by atoms with Crippen molar-refractivity contribution < 1.29 is 14.6 Å². The molecule has 1 saturated heterocycles. The van der Waals surface area contributed by atoms with Crippen LogP contribution < -0.4 is 4.90 Å². The third-order valence-electron chi connectivity index (χ3n) is 4.05. The highest BCUT2D eigenvalue weighted by atomic mass is 16.5. The summed E-state index contributed by atoms with van der Waals surface area (Å²) in [5.74, 6) is -0.743. The molecule has 2 rings (SSSR count). The lowest BCUT2D eigenvalue weighted by molar-refractivity contribution is -0.136. The number of carboxylic acid groups (broad SMARTS) is 1. The van der Waals surface area contributed by atoms with Crippen molar-refractivity contribution >= 4 is 11.7 Å². The van der Waals surface area contributed by atoms with Gasteiger partial charge >= 0.3 is 5.97 Å². The van der Waals surface area contributed by atoms with Crippen molar-refractivity contribution in [2.24, 2.45) is 0 Å². The van der Waals surface area contributed by atoms with Crippen LogP contribution in [0.25, 0.3) is 0 Å².